The average Bonchev–Trinajstić information content (AvgIpc) is 2.95. The van der Waals surface area contributed by atoms with Crippen molar-refractivity contribution in [3.05, 3.63) is 42.0 Å². The number of aromatic hydroxyl groups is 2. The Morgan fingerprint density at radius 2 is 1.77 bits per heavy atom. The van der Waals surface area contributed by atoms with E-state index >= 15 is 0 Å². The maximum absolute atomic E-state index is 13.6. The van der Waals surface area contributed by atoms with E-state index in [1.165, 1.54) is 22.9 Å². The molecule has 2 aromatic carbocycles. The quantitative estimate of drug-likeness (QED) is 0.643. The minimum atomic E-state index is -4.52. The van der Waals surface area contributed by atoms with Crippen molar-refractivity contribution in [1.82, 2.24) is 9.78 Å². The molecule has 0 aliphatic rings. The zero-order valence-corrected chi connectivity index (χ0v) is 14.4. The molecule has 3 rings (SSSR count). The molecule has 3 aromatic rings. The number of fused-ring (bicyclic) bond motifs is 1. The van der Waals surface area contributed by atoms with Crippen molar-refractivity contribution < 1.29 is 23.4 Å². The van der Waals surface area contributed by atoms with Gasteiger partial charge in [0.05, 0.1) is 17.1 Å². The number of para-hydroxylation sites is 1. The molecule has 7 heteroatoms. The van der Waals surface area contributed by atoms with E-state index in [9.17, 15) is 23.4 Å². The Morgan fingerprint density at radius 1 is 1.08 bits per heavy atom. The van der Waals surface area contributed by atoms with Gasteiger partial charge in [0, 0.05) is 17.0 Å². The molecule has 4 nitrogen and oxygen atoms in total. The zero-order chi connectivity index (χ0) is 19.1. The van der Waals surface area contributed by atoms with Crippen molar-refractivity contribution >= 4 is 10.9 Å². The standard InChI is InChI=1S/C19H19F3N2O2/c1-3-11(4-2)24-18-14(6-5-7-15(18)19(20,21)22)17(23-24)13-9-8-12(25)10-16(13)26/h5-11,25-26H,3-4H2,1-2H3. The van der Waals surface area contributed by atoms with E-state index in [0.717, 1.165) is 12.1 Å². The summed E-state index contributed by atoms with van der Waals surface area (Å²) in [6, 6.07) is 7.71. The highest BCUT2D eigenvalue weighted by Gasteiger charge is 2.35. The summed E-state index contributed by atoms with van der Waals surface area (Å²) in [4.78, 5) is 0. The molecule has 0 atom stereocenters. The van der Waals surface area contributed by atoms with Gasteiger partial charge in [-0.1, -0.05) is 26.0 Å². The van der Waals surface area contributed by atoms with Gasteiger partial charge in [0.1, 0.15) is 17.2 Å². The van der Waals surface area contributed by atoms with E-state index in [1.807, 2.05) is 13.8 Å². The van der Waals surface area contributed by atoms with Gasteiger partial charge >= 0.3 is 6.18 Å². The van der Waals surface area contributed by atoms with Crippen LogP contribution < -0.4 is 0 Å². The molecule has 138 valence electrons. The smallest absolute Gasteiger partial charge is 0.418 e. The Hall–Kier alpha value is -2.70. The lowest BCUT2D eigenvalue weighted by atomic mass is 10.0. The number of hydrogen-bond acceptors (Lipinski definition) is 3. The molecule has 0 bridgehead atoms. The van der Waals surface area contributed by atoms with Gasteiger partial charge in [-0.3, -0.25) is 4.68 Å². The van der Waals surface area contributed by atoms with Gasteiger partial charge in [-0.15, -0.1) is 0 Å². The van der Waals surface area contributed by atoms with Crippen molar-refractivity contribution in [2.45, 2.75) is 38.9 Å². The molecular weight excluding hydrogens is 345 g/mol. The average molecular weight is 364 g/mol. The molecule has 1 heterocycles. The fraction of sp³-hybridized carbons (Fsp3) is 0.316. The first-order chi connectivity index (χ1) is 12.3. The van der Waals surface area contributed by atoms with E-state index in [0.29, 0.717) is 18.2 Å². The van der Waals surface area contributed by atoms with Crippen LogP contribution in [-0.2, 0) is 6.18 Å². The van der Waals surface area contributed by atoms with Crippen LogP contribution in [0.3, 0.4) is 0 Å². The van der Waals surface area contributed by atoms with Crippen LogP contribution >= 0.6 is 0 Å². The summed E-state index contributed by atoms with van der Waals surface area (Å²) in [7, 11) is 0. The number of hydrogen-bond donors (Lipinski definition) is 2. The Labute approximate surface area is 148 Å². The van der Waals surface area contributed by atoms with Crippen LogP contribution in [0, 0.1) is 0 Å². The second-order valence-electron chi connectivity index (χ2n) is 6.16. The minimum absolute atomic E-state index is 0.0103. The predicted molar refractivity (Wildman–Crippen MR) is 93.1 cm³/mol. The fourth-order valence-electron chi connectivity index (χ4n) is 3.24. The zero-order valence-electron chi connectivity index (χ0n) is 14.4. The van der Waals surface area contributed by atoms with Crippen LogP contribution in [0.1, 0.15) is 38.3 Å². The molecule has 0 saturated carbocycles. The van der Waals surface area contributed by atoms with Gasteiger partial charge in [-0.2, -0.15) is 18.3 Å². The van der Waals surface area contributed by atoms with Crippen LogP contribution in [0.5, 0.6) is 11.5 Å². The monoisotopic (exact) mass is 364 g/mol. The van der Waals surface area contributed by atoms with Crippen molar-refractivity contribution in [3.8, 4) is 22.8 Å². The van der Waals surface area contributed by atoms with Gasteiger partial charge < -0.3 is 10.2 Å². The third-order valence-corrected chi connectivity index (χ3v) is 4.56. The summed E-state index contributed by atoms with van der Waals surface area (Å²) in [6.45, 7) is 3.80. The molecule has 0 amide bonds. The van der Waals surface area contributed by atoms with Crippen LogP contribution in [0.15, 0.2) is 36.4 Å². The van der Waals surface area contributed by atoms with E-state index < -0.39 is 11.7 Å². The molecular formula is C19H19F3N2O2. The number of nitrogens with zero attached hydrogens (tertiary/aromatic N) is 2. The second-order valence-corrected chi connectivity index (χ2v) is 6.16. The summed E-state index contributed by atoms with van der Waals surface area (Å²) in [6.07, 6.45) is -3.27. The van der Waals surface area contributed by atoms with Gasteiger partial charge in [-0.05, 0) is 31.0 Å². The summed E-state index contributed by atoms with van der Waals surface area (Å²) in [5.74, 6) is -0.371. The van der Waals surface area contributed by atoms with Crippen molar-refractivity contribution in [1.29, 1.82) is 0 Å². The highest BCUT2D eigenvalue weighted by Crippen LogP contribution is 2.42. The first kappa shape index (κ1) is 18.1. The molecule has 26 heavy (non-hydrogen) atoms. The van der Waals surface area contributed by atoms with Crippen molar-refractivity contribution in [3.63, 3.8) is 0 Å². The number of rotatable bonds is 4. The summed E-state index contributed by atoms with van der Waals surface area (Å²) >= 11 is 0. The molecule has 1 aromatic heterocycles. The van der Waals surface area contributed by atoms with Gasteiger partial charge in [0.2, 0.25) is 0 Å². The third kappa shape index (κ3) is 2.98. The molecule has 0 saturated heterocycles. The number of halogens is 3. The molecule has 0 aliphatic heterocycles. The van der Waals surface area contributed by atoms with Crippen LogP contribution in [0.4, 0.5) is 13.2 Å². The highest BCUT2D eigenvalue weighted by atomic mass is 19.4. The number of phenols is 2. The lowest BCUT2D eigenvalue weighted by molar-refractivity contribution is -0.136. The first-order valence-corrected chi connectivity index (χ1v) is 8.38. The normalized spacial score (nSPS) is 12.2. The van der Waals surface area contributed by atoms with Gasteiger partial charge in [-0.25, -0.2) is 0 Å². The van der Waals surface area contributed by atoms with E-state index in [2.05, 4.69) is 5.10 Å². The molecule has 0 fully saturated rings. The Bertz CT molecular complexity index is 944. The van der Waals surface area contributed by atoms with Gasteiger partial charge in [0.15, 0.2) is 0 Å². The second kappa shape index (κ2) is 6.55. The minimum Gasteiger partial charge on any atom is -0.508 e. The Morgan fingerprint density at radius 3 is 2.35 bits per heavy atom. The maximum Gasteiger partial charge on any atom is 0.418 e. The fourth-order valence-corrected chi connectivity index (χ4v) is 3.24. The number of phenolic OH excluding ortho intramolecular Hbond substituents is 2. The molecule has 0 radical (unpaired) electrons. The van der Waals surface area contributed by atoms with Crippen LogP contribution in [0.25, 0.3) is 22.2 Å². The molecule has 0 aliphatic carbocycles. The van der Waals surface area contributed by atoms with Crippen LogP contribution in [0.2, 0.25) is 0 Å². The van der Waals surface area contributed by atoms with Gasteiger partial charge in [0.25, 0.3) is 0 Å². The Kier molecular flexibility index (Phi) is 4.56. The maximum atomic E-state index is 13.6. The highest BCUT2D eigenvalue weighted by molar-refractivity contribution is 5.96. The lowest BCUT2D eigenvalue weighted by Crippen LogP contribution is -2.13. The number of alkyl halides is 3. The van der Waals surface area contributed by atoms with Crippen molar-refractivity contribution in [2.75, 3.05) is 0 Å². The van der Waals surface area contributed by atoms with Crippen LogP contribution in [-0.4, -0.2) is 20.0 Å². The third-order valence-electron chi connectivity index (χ3n) is 4.56. The molecule has 2 N–H and O–H groups in total. The molecule has 0 spiro atoms. The first-order valence-electron chi connectivity index (χ1n) is 8.38. The largest absolute Gasteiger partial charge is 0.508 e. The topological polar surface area (TPSA) is 58.3 Å². The van der Waals surface area contributed by atoms with E-state index in [1.54, 1.807) is 6.07 Å². The summed E-state index contributed by atoms with van der Waals surface area (Å²) < 4.78 is 42.2. The Balaban J connectivity index is 2.39. The molecule has 0 unspecified atom stereocenters. The van der Waals surface area contributed by atoms with Crippen molar-refractivity contribution in [2.24, 2.45) is 0 Å². The predicted octanol–water partition coefficient (Wildman–Crippen LogP) is 5.49. The lowest BCUT2D eigenvalue weighted by Gasteiger charge is -2.17. The number of benzene rings is 2. The van der Waals surface area contributed by atoms with E-state index in [-0.39, 0.29) is 34.3 Å². The van der Waals surface area contributed by atoms with E-state index in [4.69, 9.17) is 0 Å². The SMILES string of the molecule is CCC(CC)n1nc(-c2ccc(O)cc2O)c2cccc(C(F)(F)F)c21. The summed E-state index contributed by atoms with van der Waals surface area (Å²) in [5.41, 5.74) is -0.206. The summed E-state index contributed by atoms with van der Waals surface area (Å²) in [5, 5.41) is 24.4. The number of aromatic nitrogens is 2.